The molecule has 1 aromatic heterocycles. The second-order valence-electron chi connectivity index (χ2n) is 6.17. The smallest absolute Gasteiger partial charge is 0.315 e. The van der Waals surface area contributed by atoms with E-state index in [1.807, 2.05) is 0 Å². The minimum absolute atomic E-state index is 0.00722. The number of hydrogen-bond donors (Lipinski definition) is 1. The number of halogens is 2. The first-order valence-electron chi connectivity index (χ1n) is 9.13. The van der Waals surface area contributed by atoms with Gasteiger partial charge >= 0.3 is 6.43 Å². The van der Waals surface area contributed by atoms with Crippen LogP contribution >= 0.6 is 0 Å². The average molecular weight is 427 g/mol. The Balaban J connectivity index is 1.68. The molecule has 2 aromatic carbocycles. The summed E-state index contributed by atoms with van der Waals surface area (Å²) in [5.74, 6) is -0.0429. The van der Waals surface area contributed by atoms with Crippen molar-refractivity contribution in [3.05, 3.63) is 72.6 Å². The van der Waals surface area contributed by atoms with Crippen molar-refractivity contribution in [2.75, 3.05) is 19.0 Å². The quantitative estimate of drug-likeness (QED) is 0.386. The molecule has 0 aliphatic carbocycles. The molecule has 1 amide bonds. The topological polar surface area (TPSA) is 86.5 Å². The lowest BCUT2D eigenvalue weighted by Gasteiger charge is -2.09. The summed E-state index contributed by atoms with van der Waals surface area (Å²) in [5.41, 5.74) is 1.61. The SMILES string of the molecule is C=CCOc1ccc(/C=C/C(=O)Nc2cccc(-c3noc(C(F)F)n3)c2)cc1OC. The molecule has 0 atom stereocenters. The molecule has 1 heterocycles. The highest BCUT2D eigenvalue weighted by atomic mass is 19.3. The first-order valence-corrected chi connectivity index (χ1v) is 9.13. The first kappa shape index (κ1) is 21.7. The van der Waals surface area contributed by atoms with E-state index in [0.29, 0.717) is 29.4 Å². The molecule has 0 saturated heterocycles. The number of carbonyl (C=O) groups excluding carboxylic acids is 1. The lowest BCUT2D eigenvalue weighted by molar-refractivity contribution is -0.111. The number of hydrogen-bond acceptors (Lipinski definition) is 6. The van der Waals surface area contributed by atoms with Gasteiger partial charge < -0.3 is 19.3 Å². The van der Waals surface area contributed by atoms with Gasteiger partial charge in [0.15, 0.2) is 11.5 Å². The van der Waals surface area contributed by atoms with E-state index in [1.165, 1.54) is 13.2 Å². The highest BCUT2D eigenvalue weighted by Crippen LogP contribution is 2.28. The maximum atomic E-state index is 12.6. The molecule has 0 aliphatic heterocycles. The van der Waals surface area contributed by atoms with E-state index >= 15 is 0 Å². The van der Waals surface area contributed by atoms with Gasteiger partial charge in [-0.05, 0) is 35.9 Å². The Morgan fingerprint density at radius 2 is 2.10 bits per heavy atom. The van der Waals surface area contributed by atoms with Crippen LogP contribution in [0.25, 0.3) is 17.5 Å². The molecule has 0 fully saturated rings. The van der Waals surface area contributed by atoms with Gasteiger partial charge in [0, 0.05) is 17.3 Å². The fraction of sp³-hybridized carbons (Fsp3) is 0.136. The molecule has 0 bridgehead atoms. The van der Waals surface area contributed by atoms with Gasteiger partial charge in [0.2, 0.25) is 11.7 Å². The Labute approximate surface area is 177 Å². The lowest BCUT2D eigenvalue weighted by atomic mass is 10.1. The molecule has 7 nitrogen and oxygen atoms in total. The molecular weight excluding hydrogens is 408 g/mol. The molecule has 3 rings (SSSR count). The van der Waals surface area contributed by atoms with Crippen molar-refractivity contribution < 1.29 is 27.6 Å². The zero-order chi connectivity index (χ0) is 22.2. The largest absolute Gasteiger partial charge is 0.493 e. The summed E-state index contributed by atoms with van der Waals surface area (Å²) in [7, 11) is 1.53. The molecule has 0 saturated carbocycles. The number of rotatable bonds is 9. The van der Waals surface area contributed by atoms with Crippen LogP contribution in [0.1, 0.15) is 17.9 Å². The maximum Gasteiger partial charge on any atom is 0.315 e. The van der Waals surface area contributed by atoms with E-state index in [2.05, 4.69) is 26.6 Å². The van der Waals surface area contributed by atoms with Crippen molar-refractivity contribution in [3.8, 4) is 22.9 Å². The minimum atomic E-state index is -2.85. The number of nitrogens with zero attached hydrogens (tertiary/aromatic N) is 2. The number of ether oxygens (including phenoxy) is 2. The van der Waals surface area contributed by atoms with Crippen molar-refractivity contribution in [2.24, 2.45) is 0 Å². The van der Waals surface area contributed by atoms with Crippen molar-refractivity contribution in [1.82, 2.24) is 10.1 Å². The van der Waals surface area contributed by atoms with Crippen LogP contribution in [0.15, 0.2) is 65.7 Å². The Morgan fingerprint density at radius 3 is 2.81 bits per heavy atom. The molecule has 0 radical (unpaired) electrons. The third-order valence-electron chi connectivity index (χ3n) is 3.99. The fourth-order valence-electron chi connectivity index (χ4n) is 2.59. The molecular formula is C22H19F2N3O4. The monoisotopic (exact) mass is 427 g/mol. The lowest BCUT2D eigenvalue weighted by Crippen LogP contribution is -2.07. The van der Waals surface area contributed by atoms with E-state index in [1.54, 1.807) is 54.6 Å². The number of amides is 1. The predicted molar refractivity (Wildman–Crippen MR) is 111 cm³/mol. The first-order chi connectivity index (χ1) is 15.0. The number of benzene rings is 2. The number of methoxy groups -OCH3 is 1. The van der Waals surface area contributed by atoms with Gasteiger partial charge in [0.1, 0.15) is 6.61 Å². The van der Waals surface area contributed by atoms with E-state index in [9.17, 15) is 13.6 Å². The summed E-state index contributed by atoms with van der Waals surface area (Å²) in [6.07, 6.45) is 1.75. The van der Waals surface area contributed by atoms with Crippen LogP contribution in [0.3, 0.4) is 0 Å². The third-order valence-corrected chi connectivity index (χ3v) is 3.99. The number of carbonyl (C=O) groups is 1. The van der Waals surface area contributed by atoms with E-state index in [0.717, 1.165) is 5.56 Å². The summed E-state index contributed by atoms with van der Waals surface area (Å²) in [6, 6.07) is 11.7. The summed E-state index contributed by atoms with van der Waals surface area (Å²) >= 11 is 0. The van der Waals surface area contributed by atoms with Crippen molar-refractivity contribution in [1.29, 1.82) is 0 Å². The minimum Gasteiger partial charge on any atom is -0.493 e. The van der Waals surface area contributed by atoms with Gasteiger partial charge in [0.05, 0.1) is 7.11 Å². The Bertz CT molecular complexity index is 1100. The van der Waals surface area contributed by atoms with Crippen LogP contribution in [0.2, 0.25) is 0 Å². The highest BCUT2D eigenvalue weighted by Gasteiger charge is 2.17. The van der Waals surface area contributed by atoms with E-state index in [-0.39, 0.29) is 11.7 Å². The van der Waals surface area contributed by atoms with E-state index in [4.69, 9.17) is 9.47 Å². The van der Waals surface area contributed by atoms with Crippen LogP contribution in [0.5, 0.6) is 11.5 Å². The zero-order valence-corrected chi connectivity index (χ0v) is 16.5. The number of aromatic nitrogens is 2. The van der Waals surface area contributed by atoms with Crippen LogP contribution < -0.4 is 14.8 Å². The van der Waals surface area contributed by atoms with Gasteiger partial charge in [-0.25, -0.2) is 0 Å². The van der Waals surface area contributed by atoms with Crippen LogP contribution in [-0.4, -0.2) is 29.8 Å². The van der Waals surface area contributed by atoms with Gasteiger partial charge in [-0.15, -0.1) is 0 Å². The molecule has 3 aromatic rings. The summed E-state index contributed by atoms with van der Waals surface area (Å²) in [6.45, 7) is 3.95. The molecule has 160 valence electrons. The molecule has 0 spiro atoms. The van der Waals surface area contributed by atoms with Crippen molar-refractivity contribution in [3.63, 3.8) is 0 Å². The Hall–Kier alpha value is -4.01. The molecule has 0 aliphatic rings. The van der Waals surface area contributed by atoms with Crippen molar-refractivity contribution in [2.45, 2.75) is 6.43 Å². The molecule has 1 N–H and O–H groups in total. The summed E-state index contributed by atoms with van der Waals surface area (Å²) < 4.78 is 40.5. The number of nitrogens with one attached hydrogen (secondary N) is 1. The normalized spacial score (nSPS) is 11.0. The highest BCUT2D eigenvalue weighted by molar-refractivity contribution is 6.02. The van der Waals surface area contributed by atoms with Crippen LogP contribution in [0, 0.1) is 0 Å². The van der Waals surface area contributed by atoms with E-state index < -0.39 is 12.3 Å². The summed E-state index contributed by atoms with van der Waals surface area (Å²) in [5, 5.41) is 6.22. The maximum absolute atomic E-state index is 12.6. The van der Waals surface area contributed by atoms with Gasteiger partial charge in [-0.2, -0.15) is 13.8 Å². The summed E-state index contributed by atoms with van der Waals surface area (Å²) in [4.78, 5) is 15.9. The van der Waals surface area contributed by atoms with Gasteiger partial charge in [0.25, 0.3) is 5.89 Å². The number of anilines is 1. The Morgan fingerprint density at radius 1 is 1.26 bits per heavy atom. The van der Waals surface area contributed by atoms with Crippen molar-refractivity contribution >= 4 is 17.7 Å². The van der Waals surface area contributed by atoms with Gasteiger partial charge in [-0.3, -0.25) is 4.79 Å². The molecule has 31 heavy (non-hydrogen) atoms. The van der Waals surface area contributed by atoms with Crippen LogP contribution in [0.4, 0.5) is 14.5 Å². The molecule has 0 unspecified atom stereocenters. The average Bonchev–Trinajstić information content (AvgIpc) is 3.27. The standard InChI is InChI=1S/C22H19F2N3O4/c1-3-11-30-17-9-7-14(12-18(17)29-2)8-10-19(28)25-16-6-4-5-15(13-16)21-26-22(20(23)24)31-27-21/h3-10,12-13,20H,1,11H2,2H3,(H,25,28)/b10-8+. The Kier molecular flexibility index (Phi) is 7.10. The second kappa shape index (κ2) is 10.1. The molecule has 9 heteroatoms. The fourth-order valence-corrected chi connectivity index (χ4v) is 2.59. The third kappa shape index (κ3) is 5.75. The predicted octanol–water partition coefficient (Wildman–Crippen LogP) is 4.90. The van der Waals surface area contributed by atoms with Gasteiger partial charge in [-0.1, -0.05) is 36.0 Å². The number of alkyl halides is 2. The zero-order valence-electron chi connectivity index (χ0n) is 16.5. The van der Waals surface area contributed by atoms with Crippen LogP contribution in [-0.2, 0) is 4.79 Å². The second-order valence-corrected chi connectivity index (χ2v) is 6.17.